The van der Waals surface area contributed by atoms with Crippen molar-refractivity contribution < 1.29 is 4.52 Å². The van der Waals surface area contributed by atoms with Gasteiger partial charge in [-0.05, 0) is 34.7 Å². The second-order valence-corrected chi connectivity index (χ2v) is 4.09. The second kappa shape index (κ2) is 3.56. The highest BCUT2D eigenvalue weighted by molar-refractivity contribution is 14.1. The molecular weight excluding hydrogens is 295 g/mol. The predicted molar refractivity (Wildman–Crippen MR) is 59.9 cm³/mol. The number of halogens is 1. The quantitative estimate of drug-likeness (QED) is 0.753. The second-order valence-electron chi connectivity index (χ2n) is 2.84. The smallest absolute Gasteiger partial charge is 0.295 e. The molecule has 2 aromatic rings. The van der Waals surface area contributed by atoms with E-state index in [9.17, 15) is 4.79 Å². The zero-order valence-electron chi connectivity index (χ0n) is 7.40. The number of hydrogen-bond donors (Lipinski definition) is 0. The van der Waals surface area contributed by atoms with Crippen LogP contribution in [-0.4, -0.2) is 9.72 Å². The predicted octanol–water partition coefficient (Wildman–Crippen LogP) is 1.64. The van der Waals surface area contributed by atoms with Crippen molar-refractivity contribution in [2.75, 3.05) is 0 Å². The molecule has 1 heterocycles. The molecule has 0 aliphatic heterocycles. The van der Waals surface area contributed by atoms with Crippen LogP contribution >= 0.6 is 22.6 Å². The molecule has 1 aromatic carbocycles. The molecule has 0 N–H and O–H groups in total. The van der Waals surface area contributed by atoms with Gasteiger partial charge in [-0.15, -0.1) is 0 Å². The van der Waals surface area contributed by atoms with Crippen molar-refractivity contribution >= 4 is 22.6 Å². The van der Waals surface area contributed by atoms with Gasteiger partial charge in [0.2, 0.25) is 0 Å². The minimum Gasteiger partial charge on any atom is -0.295 e. The zero-order chi connectivity index (χ0) is 10.1. The van der Waals surface area contributed by atoms with Crippen LogP contribution in [0.4, 0.5) is 0 Å². The molecule has 2 rings (SSSR count). The van der Waals surface area contributed by atoms with E-state index in [4.69, 9.17) is 0 Å². The molecule has 5 heteroatoms. The van der Waals surface area contributed by atoms with Gasteiger partial charge in [-0.3, -0.25) is 9.09 Å². The molecule has 14 heavy (non-hydrogen) atoms. The van der Waals surface area contributed by atoms with Gasteiger partial charge in [-0.25, -0.2) is 4.79 Å². The minimum absolute atomic E-state index is 0.445. The highest BCUT2D eigenvalue weighted by Gasteiger charge is 2.08. The van der Waals surface area contributed by atoms with Crippen LogP contribution in [0.5, 0.6) is 0 Å². The highest BCUT2D eigenvalue weighted by Crippen LogP contribution is 2.17. The summed E-state index contributed by atoms with van der Waals surface area (Å²) in [6, 6.07) is 7.72. The summed E-state index contributed by atoms with van der Waals surface area (Å²) in [5.41, 5.74) is 0.880. The fourth-order valence-electron chi connectivity index (χ4n) is 1.17. The lowest BCUT2D eigenvalue weighted by molar-refractivity contribution is 0.380. The summed E-state index contributed by atoms with van der Waals surface area (Å²) < 4.78 is 7.02. The topological polar surface area (TPSA) is 48.0 Å². The summed E-state index contributed by atoms with van der Waals surface area (Å²) in [5.74, 6) is 0.104. The van der Waals surface area contributed by atoms with Gasteiger partial charge in [-0.2, -0.15) is 0 Å². The van der Waals surface area contributed by atoms with Crippen molar-refractivity contribution in [1.82, 2.24) is 9.72 Å². The zero-order valence-corrected chi connectivity index (χ0v) is 9.56. The fourth-order valence-corrected chi connectivity index (χ4v) is 1.71. The van der Waals surface area contributed by atoms with Gasteiger partial charge in [0.05, 0.1) is 0 Å². The lowest BCUT2D eigenvalue weighted by atomic mass is 10.2. The van der Waals surface area contributed by atoms with Crippen LogP contribution in [0.1, 0.15) is 0 Å². The first-order valence-electron chi connectivity index (χ1n) is 3.97. The van der Waals surface area contributed by atoms with E-state index in [1.54, 1.807) is 7.05 Å². The van der Waals surface area contributed by atoms with Crippen LogP contribution < -0.4 is 5.76 Å². The van der Waals surface area contributed by atoms with Crippen molar-refractivity contribution in [1.29, 1.82) is 0 Å². The molecule has 4 nitrogen and oxygen atoms in total. The first-order valence-corrected chi connectivity index (χ1v) is 5.05. The van der Waals surface area contributed by atoms with Crippen molar-refractivity contribution in [3.8, 4) is 11.4 Å². The average Bonchev–Trinajstić information content (AvgIpc) is 2.48. The van der Waals surface area contributed by atoms with Crippen LogP contribution in [-0.2, 0) is 7.05 Å². The number of benzene rings is 1. The molecule has 0 fully saturated rings. The average molecular weight is 302 g/mol. The first-order chi connectivity index (χ1) is 6.68. The van der Waals surface area contributed by atoms with E-state index in [-0.39, 0.29) is 0 Å². The molecule has 0 aliphatic rings. The number of hydrogen-bond acceptors (Lipinski definition) is 3. The molecule has 0 spiro atoms. The summed E-state index contributed by atoms with van der Waals surface area (Å²) >= 11 is 2.20. The molecule has 0 saturated carbocycles. The normalized spacial score (nSPS) is 10.4. The largest absolute Gasteiger partial charge is 0.441 e. The first kappa shape index (κ1) is 9.45. The Morgan fingerprint density at radius 2 is 2.29 bits per heavy atom. The van der Waals surface area contributed by atoms with Gasteiger partial charge < -0.3 is 0 Å². The Hall–Kier alpha value is -1.11. The molecule has 0 bridgehead atoms. The summed E-state index contributed by atoms with van der Waals surface area (Å²) in [6.45, 7) is 0. The van der Waals surface area contributed by atoms with Gasteiger partial charge in [-0.1, -0.05) is 17.3 Å². The Morgan fingerprint density at radius 3 is 2.86 bits per heavy atom. The minimum atomic E-state index is -0.445. The molecule has 1 aromatic heterocycles. The molecule has 72 valence electrons. The number of rotatable bonds is 1. The van der Waals surface area contributed by atoms with Crippen LogP contribution in [0.15, 0.2) is 33.6 Å². The van der Waals surface area contributed by atoms with E-state index >= 15 is 0 Å². The van der Waals surface area contributed by atoms with Crippen molar-refractivity contribution in [2.24, 2.45) is 7.05 Å². The Labute approximate surface area is 93.7 Å². The van der Waals surface area contributed by atoms with Crippen molar-refractivity contribution in [2.45, 2.75) is 0 Å². The maximum absolute atomic E-state index is 11.0. The standard InChI is InChI=1S/C9H7IN2O2/c1-12-8(11-14-9(12)13)6-3-2-4-7(10)5-6/h2-5H,1H3. The molecule has 0 aliphatic carbocycles. The molecule has 0 radical (unpaired) electrons. The Bertz CT molecular complexity index is 516. The van der Waals surface area contributed by atoms with Crippen LogP contribution in [0, 0.1) is 3.57 Å². The Balaban J connectivity index is 2.60. The third-order valence-corrected chi connectivity index (χ3v) is 2.56. The summed E-state index contributed by atoms with van der Waals surface area (Å²) in [5, 5.41) is 3.70. The van der Waals surface area contributed by atoms with Gasteiger partial charge in [0, 0.05) is 16.2 Å². The third kappa shape index (κ3) is 1.59. The van der Waals surface area contributed by atoms with Crippen LogP contribution in [0.25, 0.3) is 11.4 Å². The van der Waals surface area contributed by atoms with E-state index in [2.05, 4.69) is 32.3 Å². The maximum atomic E-state index is 11.0. The van der Waals surface area contributed by atoms with E-state index in [1.165, 1.54) is 4.57 Å². The van der Waals surface area contributed by atoms with Crippen molar-refractivity contribution in [3.63, 3.8) is 0 Å². The Morgan fingerprint density at radius 1 is 1.50 bits per heavy atom. The highest BCUT2D eigenvalue weighted by atomic mass is 127. The maximum Gasteiger partial charge on any atom is 0.441 e. The monoisotopic (exact) mass is 302 g/mol. The van der Waals surface area contributed by atoms with Gasteiger partial charge in [0.15, 0.2) is 5.82 Å². The van der Waals surface area contributed by atoms with Gasteiger partial charge in [0.25, 0.3) is 0 Å². The fraction of sp³-hybridized carbons (Fsp3) is 0.111. The van der Waals surface area contributed by atoms with E-state index in [0.29, 0.717) is 5.82 Å². The molecular formula is C9H7IN2O2. The lowest BCUT2D eigenvalue weighted by Gasteiger charge is -1.98. The summed E-state index contributed by atoms with van der Waals surface area (Å²) in [6.07, 6.45) is 0. The van der Waals surface area contributed by atoms with E-state index < -0.39 is 5.76 Å². The van der Waals surface area contributed by atoms with Crippen LogP contribution in [0.2, 0.25) is 0 Å². The Kier molecular flexibility index (Phi) is 2.40. The van der Waals surface area contributed by atoms with Gasteiger partial charge >= 0.3 is 5.76 Å². The summed E-state index contributed by atoms with van der Waals surface area (Å²) in [4.78, 5) is 11.0. The third-order valence-electron chi connectivity index (χ3n) is 1.88. The van der Waals surface area contributed by atoms with E-state index in [0.717, 1.165) is 9.13 Å². The van der Waals surface area contributed by atoms with Crippen LogP contribution in [0.3, 0.4) is 0 Å². The number of aromatic nitrogens is 2. The SMILES string of the molecule is Cn1c(-c2cccc(I)c2)noc1=O. The molecule has 0 saturated heterocycles. The molecule has 0 unspecified atom stereocenters. The van der Waals surface area contributed by atoms with Gasteiger partial charge in [0.1, 0.15) is 0 Å². The summed E-state index contributed by atoms with van der Waals surface area (Å²) in [7, 11) is 1.63. The molecule has 0 amide bonds. The van der Waals surface area contributed by atoms with Crippen molar-refractivity contribution in [3.05, 3.63) is 38.4 Å². The molecule has 0 atom stereocenters. The lowest BCUT2D eigenvalue weighted by Crippen LogP contribution is -2.10. The number of nitrogens with zero attached hydrogens (tertiary/aromatic N) is 2. The van der Waals surface area contributed by atoms with E-state index in [1.807, 2.05) is 24.3 Å².